The lowest BCUT2D eigenvalue weighted by atomic mass is 10.2. The van der Waals surface area contributed by atoms with Gasteiger partial charge in [-0.3, -0.25) is 9.20 Å². The summed E-state index contributed by atoms with van der Waals surface area (Å²) >= 11 is 1.27. The summed E-state index contributed by atoms with van der Waals surface area (Å²) in [5, 5.41) is 11.9. The maximum atomic E-state index is 13.1. The summed E-state index contributed by atoms with van der Waals surface area (Å²) in [7, 11) is 0. The second-order valence-corrected chi connectivity index (χ2v) is 6.89. The zero-order valence-corrected chi connectivity index (χ0v) is 15.0. The first kappa shape index (κ1) is 16.9. The van der Waals surface area contributed by atoms with Gasteiger partial charge in [0.05, 0.1) is 16.9 Å². The van der Waals surface area contributed by atoms with E-state index < -0.39 is 0 Å². The Labute approximate surface area is 158 Å². The quantitative estimate of drug-likeness (QED) is 0.566. The molecule has 7 heteroatoms. The van der Waals surface area contributed by atoms with Gasteiger partial charge in [-0.15, -0.1) is 0 Å². The van der Waals surface area contributed by atoms with Crippen LogP contribution >= 0.6 is 11.3 Å². The first-order chi connectivity index (χ1) is 13.1. The van der Waals surface area contributed by atoms with Gasteiger partial charge in [0.2, 0.25) is 0 Å². The van der Waals surface area contributed by atoms with E-state index in [9.17, 15) is 9.18 Å². The number of nitriles is 1. The predicted octanol–water partition coefficient (Wildman–Crippen LogP) is 4.63. The molecule has 2 aromatic heterocycles. The topological polar surface area (TPSA) is 70.2 Å². The number of benzene rings is 2. The fourth-order valence-electron chi connectivity index (χ4n) is 2.79. The number of hydrogen-bond acceptors (Lipinski definition) is 4. The molecular formula is C20H13FN4OS. The van der Waals surface area contributed by atoms with Gasteiger partial charge in [0.15, 0.2) is 4.96 Å². The Kier molecular flexibility index (Phi) is 4.18. The van der Waals surface area contributed by atoms with Gasteiger partial charge in [-0.25, -0.2) is 9.37 Å². The number of amides is 1. The van der Waals surface area contributed by atoms with E-state index in [0.717, 1.165) is 11.3 Å². The molecule has 0 atom stereocenters. The third-order valence-electron chi connectivity index (χ3n) is 4.20. The molecule has 27 heavy (non-hydrogen) atoms. The van der Waals surface area contributed by atoms with Crippen molar-refractivity contribution in [1.82, 2.24) is 9.38 Å². The van der Waals surface area contributed by atoms with Gasteiger partial charge < -0.3 is 5.32 Å². The predicted molar refractivity (Wildman–Crippen MR) is 102 cm³/mol. The molecule has 0 fully saturated rings. The number of thiazole rings is 1. The molecule has 0 aliphatic carbocycles. The highest BCUT2D eigenvalue weighted by atomic mass is 32.1. The van der Waals surface area contributed by atoms with E-state index in [0.29, 0.717) is 26.8 Å². The number of halogens is 1. The molecule has 0 saturated carbocycles. The molecule has 2 heterocycles. The van der Waals surface area contributed by atoms with Crippen molar-refractivity contribution in [1.29, 1.82) is 5.26 Å². The van der Waals surface area contributed by atoms with Gasteiger partial charge in [-0.1, -0.05) is 23.5 Å². The summed E-state index contributed by atoms with van der Waals surface area (Å²) in [6, 6.07) is 15.0. The molecule has 132 valence electrons. The van der Waals surface area contributed by atoms with Crippen LogP contribution < -0.4 is 5.32 Å². The van der Waals surface area contributed by atoms with E-state index in [-0.39, 0.29) is 11.7 Å². The number of aromatic nitrogens is 2. The number of carbonyl (C=O) groups excluding carboxylic acids is 1. The normalized spacial score (nSPS) is 10.7. The molecule has 4 rings (SSSR count). The van der Waals surface area contributed by atoms with Gasteiger partial charge >= 0.3 is 0 Å². The average molecular weight is 376 g/mol. The minimum atomic E-state index is -0.299. The highest BCUT2D eigenvalue weighted by Crippen LogP contribution is 2.28. The molecule has 4 aromatic rings. The van der Waals surface area contributed by atoms with Crippen LogP contribution in [0.15, 0.2) is 54.7 Å². The molecule has 0 saturated heterocycles. The summed E-state index contributed by atoms with van der Waals surface area (Å²) in [5.41, 5.74) is 3.15. The number of nitrogens with zero attached hydrogens (tertiary/aromatic N) is 3. The Balaban J connectivity index is 1.66. The van der Waals surface area contributed by atoms with E-state index in [4.69, 9.17) is 5.26 Å². The number of aryl methyl sites for hydroxylation is 1. The van der Waals surface area contributed by atoms with Crippen molar-refractivity contribution in [3.05, 3.63) is 76.7 Å². The van der Waals surface area contributed by atoms with Crippen molar-refractivity contribution in [3.8, 4) is 17.3 Å². The minimum Gasteiger partial charge on any atom is -0.320 e. The molecule has 1 N–H and O–H groups in total. The maximum Gasteiger partial charge on any atom is 0.267 e. The van der Waals surface area contributed by atoms with Gasteiger partial charge in [0.1, 0.15) is 16.8 Å². The fraction of sp³-hybridized carbons (Fsp3) is 0.0500. The summed E-state index contributed by atoms with van der Waals surface area (Å²) in [6.45, 7) is 1.84. The zero-order chi connectivity index (χ0) is 19.0. The van der Waals surface area contributed by atoms with Crippen molar-refractivity contribution >= 4 is 27.9 Å². The number of rotatable bonds is 3. The van der Waals surface area contributed by atoms with Crippen LogP contribution in [0.3, 0.4) is 0 Å². The Bertz CT molecular complexity index is 1200. The van der Waals surface area contributed by atoms with E-state index in [1.807, 2.05) is 17.5 Å². The SMILES string of the molecule is Cc1c(C(=O)Nc2ccccc2C#N)sc2nc(-c3ccc(F)cc3)cn12. The lowest BCUT2D eigenvalue weighted by Gasteiger charge is -2.06. The minimum absolute atomic E-state index is 0.283. The third kappa shape index (κ3) is 3.07. The molecule has 2 aromatic carbocycles. The monoisotopic (exact) mass is 376 g/mol. The second-order valence-electron chi connectivity index (χ2n) is 5.91. The van der Waals surface area contributed by atoms with E-state index in [2.05, 4.69) is 16.4 Å². The standard InChI is InChI=1S/C20H13FN4OS/c1-12-18(19(26)23-16-5-3-2-4-14(16)10-22)27-20-24-17(11-25(12)20)13-6-8-15(21)9-7-13/h2-9,11H,1H3,(H,23,26). The van der Waals surface area contributed by atoms with Crippen molar-refractivity contribution in [3.63, 3.8) is 0 Å². The Morgan fingerprint density at radius 3 is 2.67 bits per heavy atom. The molecule has 0 aliphatic heterocycles. The van der Waals surface area contributed by atoms with Crippen molar-refractivity contribution < 1.29 is 9.18 Å². The van der Waals surface area contributed by atoms with E-state index in [1.165, 1.54) is 23.5 Å². The summed E-state index contributed by atoms with van der Waals surface area (Å²) < 4.78 is 14.9. The number of imidazole rings is 1. The van der Waals surface area contributed by atoms with Crippen molar-refractivity contribution in [2.45, 2.75) is 6.92 Å². The summed E-state index contributed by atoms with van der Waals surface area (Å²) in [5.74, 6) is -0.582. The third-order valence-corrected chi connectivity index (χ3v) is 5.35. The number of carbonyl (C=O) groups is 1. The van der Waals surface area contributed by atoms with Gasteiger partial charge in [-0.05, 0) is 43.3 Å². The highest BCUT2D eigenvalue weighted by Gasteiger charge is 2.19. The number of hydrogen-bond donors (Lipinski definition) is 1. The Morgan fingerprint density at radius 2 is 1.96 bits per heavy atom. The van der Waals surface area contributed by atoms with Crippen molar-refractivity contribution in [2.24, 2.45) is 0 Å². The smallest absolute Gasteiger partial charge is 0.267 e. The lowest BCUT2D eigenvalue weighted by Crippen LogP contribution is -2.12. The van der Waals surface area contributed by atoms with E-state index in [1.54, 1.807) is 36.4 Å². The molecule has 0 radical (unpaired) electrons. The molecular weight excluding hydrogens is 363 g/mol. The fourth-order valence-corrected chi connectivity index (χ4v) is 3.79. The van der Waals surface area contributed by atoms with Gasteiger partial charge in [0.25, 0.3) is 5.91 Å². The lowest BCUT2D eigenvalue weighted by molar-refractivity contribution is 0.102. The number of anilines is 1. The van der Waals surface area contributed by atoms with Gasteiger partial charge in [0, 0.05) is 17.5 Å². The van der Waals surface area contributed by atoms with Crippen LogP contribution in [-0.4, -0.2) is 15.3 Å². The summed E-state index contributed by atoms with van der Waals surface area (Å²) in [6.07, 6.45) is 1.83. The highest BCUT2D eigenvalue weighted by molar-refractivity contribution is 7.19. The second kappa shape index (κ2) is 6.67. The Morgan fingerprint density at radius 1 is 1.22 bits per heavy atom. The van der Waals surface area contributed by atoms with E-state index >= 15 is 0 Å². The number of para-hydroxylation sites is 1. The molecule has 0 unspecified atom stereocenters. The largest absolute Gasteiger partial charge is 0.320 e. The molecule has 0 spiro atoms. The van der Waals surface area contributed by atoms with Crippen LogP contribution in [0.1, 0.15) is 20.9 Å². The Hall–Kier alpha value is -3.50. The average Bonchev–Trinajstić information content (AvgIpc) is 3.22. The molecule has 0 aliphatic rings. The van der Waals surface area contributed by atoms with Crippen molar-refractivity contribution in [2.75, 3.05) is 5.32 Å². The number of fused-ring (bicyclic) bond motifs is 1. The van der Waals surface area contributed by atoms with Crippen LogP contribution in [0.5, 0.6) is 0 Å². The van der Waals surface area contributed by atoms with Crippen LogP contribution in [0.25, 0.3) is 16.2 Å². The molecule has 0 bridgehead atoms. The van der Waals surface area contributed by atoms with Crippen LogP contribution in [-0.2, 0) is 0 Å². The molecule has 5 nitrogen and oxygen atoms in total. The van der Waals surface area contributed by atoms with Crippen LogP contribution in [0, 0.1) is 24.1 Å². The summed E-state index contributed by atoms with van der Waals surface area (Å²) in [4.78, 5) is 18.4. The maximum absolute atomic E-state index is 13.1. The molecule has 1 amide bonds. The van der Waals surface area contributed by atoms with Crippen LogP contribution in [0.4, 0.5) is 10.1 Å². The van der Waals surface area contributed by atoms with Crippen LogP contribution in [0.2, 0.25) is 0 Å². The first-order valence-corrected chi connectivity index (χ1v) is 8.93. The zero-order valence-electron chi connectivity index (χ0n) is 14.2. The van der Waals surface area contributed by atoms with Gasteiger partial charge in [-0.2, -0.15) is 5.26 Å². The first-order valence-electron chi connectivity index (χ1n) is 8.11. The number of nitrogens with one attached hydrogen (secondary N) is 1.